The Bertz CT molecular complexity index is 1650. The zero-order chi connectivity index (χ0) is 39.9. The van der Waals surface area contributed by atoms with Crippen LogP contribution in [-0.4, -0.2) is 83.4 Å². The molecule has 4 amide bonds. The van der Waals surface area contributed by atoms with Gasteiger partial charge in [0.25, 0.3) is 5.91 Å². The van der Waals surface area contributed by atoms with Crippen LogP contribution in [0.1, 0.15) is 110 Å². The summed E-state index contributed by atoms with van der Waals surface area (Å²) in [7, 11) is 1.78. The van der Waals surface area contributed by atoms with Gasteiger partial charge in [-0.05, 0) is 55.6 Å². The highest BCUT2D eigenvalue weighted by atomic mass is 35.5. The number of amides is 4. The van der Waals surface area contributed by atoms with Crippen LogP contribution in [-0.2, 0) is 28.8 Å². The quantitative estimate of drug-likeness (QED) is 0.0826. The maximum absolute atomic E-state index is 15.0. The molecule has 1 aromatic rings. The Balaban J connectivity index is 1.43. The number of hydrazine groups is 1. The SMILES string of the molecule is CCC[C@H](NC(=O)[C@@H]1C[C@]2(CC(c3cccc(Cl)c3)=NO2)CN1C(=O)[C@@H](NC(=O)[C@@H](C/C(=C/NN)NC)C1CCCCC1)C(C)(C)C)C(=O)C(=O)NC1CC1. The fourth-order valence-electron chi connectivity index (χ4n) is 8.06. The summed E-state index contributed by atoms with van der Waals surface area (Å²) >= 11 is 6.29. The van der Waals surface area contributed by atoms with Crippen LogP contribution < -0.4 is 32.5 Å². The molecule has 0 bridgehead atoms. The molecule has 4 aliphatic rings. The average Bonchev–Trinajstić information content (AvgIpc) is 3.75. The molecular formula is C40H59ClN8O6. The van der Waals surface area contributed by atoms with Crippen molar-refractivity contribution >= 4 is 46.7 Å². The molecule has 14 nitrogen and oxygen atoms in total. The number of ketones is 1. The third-order valence-electron chi connectivity index (χ3n) is 11.3. The predicted octanol–water partition coefficient (Wildman–Crippen LogP) is 3.58. The summed E-state index contributed by atoms with van der Waals surface area (Å²) in [6, 6.07) is 4.04. The molecule has 3 fully saturated rings. The first-order chi connectivity index (χ1) is 26.2. The molecule has 1 spiro atoms. The number of rotatable bonds is 16. The number of halogens is 1. The van der Waals surface area contributed by atoms with E-state index in [4.69, 9.17) is 22.3 Å². The number of carbonyl (C=O) groups excluding carboxylic acids is 5. The number of carbonyl (C=O) groups is 5. The van der Waals surface area contributed by atoms with E-state index in [-0.39, 0.29) is 37.3 Å². The lowest BCUT2D eigenvalue weighted by Gasteiger charge is -2.37. The van der Waals surface area contributed by atoms with Crippen molar-refractivity contribution in [2.45, 2.75) is 135 Å². The number of allylic oxidation sites excluding steroid dienone is 1. The van der Waals surface area contributed by atoms with E-state index in [2.05, 4.69) is 31.8 Å². The van der Waals surface area contributed by atoms with Crippen molar-refractivity contribution in [2.75, 3.05) is 13.6 Å². The number of likely N-dealkylation sites (tertiary alicyclic amines) is 1. The third kappa shape index (κ3) is 10.6. The molecule has 15 heteroatoms. The van der Waals surface area contributed by atoms with Crippen LogP contribution in [0.15, 0.2) is 41.3 Å². The van der Waals surface area contributed by atoms with E-state index in [0.29, 0.717) is 30.0 Å². The normalized spacial score (nSPS) is 23.3. The van der Waals surface area contributed by atoms with Gasteiger partial charge < -0.3 is 36.4 Å². The minimum absolute atomic E-state index is 0.00928. The van der Waals surface area contributed by atoms with Gasteiger partial charge in [0.05, 0.1) is 18.3 Å². The first-order valence-corrected chi connectivity index (χ1v) is 20.2. The number of hydrogen-bond donors (Lipinski definition) is 6. The lowest BCUT2D eigenvalue weighted by atomic mass is 9.77. The summed E-state index contributed by atoms with van der Waals surface area (Å²) in [5, 5.41) is 16.8. The second-order valence-corrected chi connectivity index (χ2v) is 17.2. The molecule has 1 saturated heterocycles. The molecular weight excluding hydrogens is 724 g/mol. The van der Waals surface area contributed by atoms with E-state index in [1.807, 2.05) is 39.8 Å². The van der Waals surface area contributed by atoms with Crippen molar-refractivity contribution in [1.29, 1.82) is 0 Å². The maximum atomic E-state index is 15.0. The summed E-state index contributed by atoms with van der Waals surface area (Å²) in [6.07, 6.45) is 9.81. The van der Waals surface area contributed by atoms with E-state index >= 15 is 0 Å². The fraction of sp³-hybridized carbons (Fsp3) is 0.650. The molecule has 2 heterocycles. The Labute approximate surface area is 329 Å². The molecule has 1 aromatic carbocycles. The lowest BCUT2D eigenvalue weighted by molar-refractivity contribution is -0.146. The van der Waals surface area contributed by atoms with E-state index in [1.54, 1.807) is 25.4 Å². The Hall–Kier alpha value is -4.17. The van der Waals surface area contributed by atoms with Gasteiger partial charge in [0.15, 0.2) is 5.60 Å². The van der Waals surface area contributed by atoms with Crippen molar-refractivity contribution in [2.24, 2.45) is 28.2 Å². The van der Waals surface area contributed by atoms with Gasteiger partial charge in [0.2, 0.25) is 23.5 Å². The van der Waals surface area contributed by atoms with Crippen molar-refractivity contribution in [3.05, 3.63) is 46.7 Å². The molecule has 7 N–H and O–H groups in total. The van der Waals surface area contributed by atoms with Gasteiger partial charge in [0.1, 0.15) is 12.1 Å². The van der Waals surface area contributed by atoms with Crippen LogP contribution in [0.4, 0.5) is 0 Å². The average molecular weight is 783 g/mol. The highest BCUT2D eigenvalue weighted by Gasteiger charge is 2.56. The Morgan fingerprint density at radius 2 is 1.82 bits per heavy atom. The number of benzene rings is 1. The van der Waals surface area contributed by atoms with Gasteiger partial charge in [-0.15, -0.1) is 0 Å². The molecule has 5 atom stereocenters. The van der Waals surface area contributed by atoms with Crippen LogP contribution in [0.3, 0.4) is 0 Å². The smallest absolute Gasteiger partial charge is 0.289 e. The van der Waals surface area contributed by atoms with Crippen molar-refractivity contribution in [3.63, 3.8) is 0 Å². The van der Waals surface area contributed by atoms with Gasteiger partial charge in [-0.1, -0.05) is 82.3 Å². The number of nitrogens with two attached hydrogens (primary N) is 1. The summed E-state index contributed by atoms with van der Waals surface area (Å²) < 4.78 is 0. The monoisotopic (exact) mass is 782 g/mol. The number of hydrogen-bond acceptors (Lipinski definition) is 10. The van der Waals surface area contributed by atoms with Crippen LogP contribution in [0, 0.1) is 17.3 Å². The van der Waals surface area contributed by atoms with Crippen molar-refractivity contribution < 1.29 is 28.8 Å². The molecule has 2 aliphatic heterocycles. The van der Waals surface area contributed by atoms with Crippen LogP contribution in [0.25, 0.3) is 0 Å². The van der Waals surface area contributed by atoms with Crippen molar-refractivity contribution in [3.8, 4) is 0 Å². The van der Waals surface area contributed by atoms with E-state index in [9.17, 15) is 24.0 Å². The van der Waals surface area contributed by atoms with Gasteiger partial charge in [-0.3, -0.25) is 29.8 Å². The largest absolute Gasteiger partial charge is 0.390 e. The van der Waals surface area contributed by atoms with Gasteiger partial charge in [-0.2, -0.15) is 0 Å². The minimum atomic E-state index is -1.08. The Kier molecular flexibility index (Phi) is 13.9. The maximum Gasteiger partial charge on any atom is 0.289 e. The van der Waals surface area contributed by atoms with E-state index < -0.39 is 58.6 Å². The number of Topliss-reactive ketones (excluding diaryl/α,β-unsaturated/α-hetero) is 1. The fourth-order valence-corrected chi connectivity index (χ4v) is 8.25. The van der Waals surface area contributed by atoms with Crippen LogP contribution in [0.5, 0.6) is 0 Å². The molecule has 2 aliphatic carbocycles. The van der Waals surface area contributed by atoms with Gasteiger partial charge >= 0.3 is 0 Å². The molecule has 0 radical (unpaired) electrons. The molecule has 2 saturated carbocycles. The summed E-state index contributed by atoms with van der Waals surface area (Å²) in [6.45, 7) is 7.51. The number of oxime groups is 1. The van der Waals surface area contributed by atoms with E-state index in [0.717, 1.165) is 56.2 Å². The molecule has 302 valence electrons. The molecule has 0 unspecified atom stereocenters. The van der Waals surface area contributed by atoms with Gasteiger partial charge in [-0.25, -0.2) is 0 Å². The predicted molar refractivity (Wildman–Crippen MR) is 210 cm³/mol. The first-order valence-electron chi connectivity index (χ1n) is 19.8. The lowest BCUT2D eigenvalue weighted by Crippen LogP contribution is -2.60. The Morgan fingerprint density at radius 1 is 1.09 bits per heavy atom. The number of nitrogens with one attached hydrogen (secondary N) is 5. The summed E-state index contributed by atoms with van der Waals surface area (Å²) in [5.41, 5.74) is 2.90. The summed E-state index contributed by atoms with van der Waals surface area (Å²) in [4.78, 5) is 77.4. The molecule has 0 aromatic heterocycles. The first kappa shape index (κ1) is 42.0. The van der Waals surface area contributed by atoms with E-state index in [1.165, 1.54) is 4.90 Å². The standard InChI is InChI=1S/C40H59ClN8O6/c1-6-11-30(33(50)37(53)45-27-16-17-27)46-36(52)32-21-40(20-31(48-55-40)25-14-10-15-26(41)18-25)23-49(32)38(54)34(39(2,3)4)47-35(51)29(19-28(43-5)22-44-42)24-12-8-7-9-13-24/h10,14-15,18,22,24,27,29-30,32,34,43-44H,6-9,11-13,16-17,19-21,23,42H2,1-5H3,(H,45,53)(H,46,52)(H,47,51)/b28-22-/t29-,30-,32-,34+,40+/m0/s1. The van der Waals surface area contributed by atoms with Crippen LogP contribution >= 0.6 is 11.6 Å². The third-order valence-corrected chi connectivity index (χ3v) is 11.5. The second kappa shape index (κ2) is 18.2. The Morgan fingerprint density at radius 3 is 2.44 bits per heavy atom. The van der Waals surface area contributed by atoms with Crippen molar-refractivity contribution in [1.82, 2.24) is 31.6 Å². The molecule has 5 rings (SSSR count). The zero-order valence-corrected chi connectivity index (χ0v) is 33.6. The highest BCUT2D eigenvalue weighted by Crippen LogP contribution is 2.41. The number of nitrogens with zero attached hydrogens (tertiary/aromatic N) is 2. The highest BCUT2D eigenvalue weighted by molar-refractivity contribution is 6.38. The minimum Gasteiger partial charge on any atom is -0.390 e. The second-order valence-electron chi connectivity index (χ2n) is 16.7. The summed E-state index contributed by atoms with van der Waals surface area (Å²) in [5.74, 6) is 2.59. The zero-order valence-electron chi connectivity index (χ0n) is 32.8. The van der Waals surface area contributed by atoms with Crippen LogP contribution in [0.2, 0.25) is 5.02 Å². The molecule has 55 heavy (non-hydrogen) atoms. The van der Waals surface area contributed by atoms with Gasteiger partial charge in [0, 0.05) is 60.8 Å². The topological polar surface area (TPSA) is 196 Å².